The molecular formula is C29H32FN3O4S. The summed E-state index contributed by atoms with van der Waals surface area (Å²) in [5, 5.41) is 9.84. The van der Waals surface area contributed by atoms with Crippen molar-refractivity contribution in [1.82, 2.24) is 14.2 Å². The van der Waals surface area contributed by atoms with Crippen molar-refractivity contribution in [3.05, 3.63) is 89.5 Å². The molecule has 0 saturated heterocycles. The highest BCUT2D eigenvalue weighted by Gasteiger charge is 2.38. The minimum atomic E-state index is -3.94. The van der Waals surface area contributed by atoms with E-state index < -0.39 is 16.1 Å². The number of likely N-dealkylation sites (N-methyl/N-ethyl adjacent to an activating group) is 1. The molecule has 1 aromatic heterocycles. The minimum absolute atomic E-state index is 0.0410. The van der Waals surface area contributed by atoms with Gasteiger partial charge in [-0.1, -0.05) is 31.0 Å². The third kappa shape index (κ3) is 6.58. The predicted molar refractivity (Wildman–Crippen MR) is 143 cm³/mol. The summed E-state index contributed by atoms with van der Waals surface area (Å²) in [5.74, 6) is 5.78. The Bertz CT molecular complexity index is 1410. The second-order valence-corrected chi connectivity index (χ2v) is 11.5. The topological polar surface area (TPSA) is 83.0 Å². The van der Waals surface area contributed by atoms with Gasteiger partial charge < -0.3 is 9.84 Å². The van der Waals surface area contributed by atoms with Gasteiger partial charge >= 0.3 is 0 Å². The van der Waals surface area contributed by atoms with E-state index in [1.165, 1.54) is 22.5 Å². The van der Waals surface area contributed by atoms with Gasteiger partial charge in [0.15, 0.2) is 0 Å². The third-order valence-electron chi connectivity index (χ3n) is 6.52. The Balaban J connectivity index is 1.68. The molecule has 1 N–H and O–H groups in total. The molecule has 38 heavy (non-hydrogen) atoms. The maximum absolute atomic E-state index is 13.7. The summed E-state index contributed by atoms with van der Waals surface area (Å²) in [6.07, 6.45) is 1.30. The first kappa shape index (κ1) is 27.7. The standard InChI is InChI=1S/C29H32FN3O4S/c1-21-17-33(22(2)20-34)38(35,36)29-14-10-23(9-13-26-6-4-5-15-31-26)16-27(29)37-28(21)19-32(3)18-24-7-11-25(30)12-8-24/h4-8,10-12,14-16,21-22,28,34H,17-20H2,1-3H3/t21-,22+,28-/m1/s1. The van der Waals surface area contributed by atoms with Crippen LogP contribution in [0.1, 0.15) is 30.7 Å². The summed E-state index contributed by atoms with van der Waals surface area (Å²) in [5.41, 5.74) is 2.15. The molecule has 200 valence electrons. The summed E-state index contributed by atoms with van der Waals surface area (Å²) in [4.78, 5) is 6.31. The Labute approximate surface area is 223 Å². The van der Waals surface area contributed by atoms with E-state index in [1.807, 2.05) is 26.1 Å². The SMILES string of the molecule is C[C@@H]1CN([C@@H](C)CO)S(=O)(=O)c2ccc(C#Cc3ccccn3)cc2O[C@@H]1CN(C)Cc1ccc(F)cc1. The lowest BCUT2D eigenvalue weighted by Crippen LogP contribution is -2.49. The van der Waals surface area contributed by atoms with Crippen molar-refractivity contribution in [3.8, 4) is 17.6 Å². The maximum Gasteiger partial charge on any atom is 0.247 e. The van der Waals surface area contributed by atoms with Crippen molar-refractivity contribution in [2.45, 2.75) is 37.4 Å². The Morgan fingerprint density at radius 1 is 1.18 bits per heavy atom. The van der Waals surface area contributed by atoms with Crippen LogP contribution in [0.3, 0.4) is 0 Å². The lowest BCUT2D eigenvalue weighted by Gasteiger charge is -2.37. The largest absolute Gasteiger partial charge is 0.487 e. The van der Waals surface area contributed by atoms with Crippen LogP contribution in [0.5, 0.6) is 5.75 Å². The number of hydrogen-bond acceptors (Lipinski definition) is 6. The van der Waals surface area contributed by atoms with Crippen LogP contribution >= 0.6 is 0 Å². The molecule has 0 unspecified atom stereocenters. The van der Waals surface area contributed by atoms with Crippen molar-refractivity contribution in [2.24, 2.45) is 5.92 Å². The van der Waals surface area contributed by atoms with E-state index in [4.69, 9.17) is 4.74 Å². The van der Waals surface area contributed by atoms with E-state index in [0.717, 1.165) is 5.56 Å². The molecule has 3 atom stereocenters. The van der Waals surface area contributed by atoms with Gasteiger partial charge in [0, 0.05) is 43.4 Å². The first-order valence-corrected chi connectivity index (χ1v) is 13.9. The van der Waals surface area contributed by atoms with Gasteiger partial charge in [-0.3, -0.25) is 4.90 Å². The fourth-order valence-electron chi connectivity index (χ4n) is 4.37. The van der Waals surface area contributed by atoms with Crippen molar-refractivity contribution in [2.75, 3.05) is 26.7 Å². The number of benzene rings is 2. The molecule has 7 nitrogen and oxygen atoms in total. The monoisotopic (exact) mass is 537 g/mol. The smallest absolute Gasteiger partial charge is 0.247 e. The quantitative estimate of drug-likeness (QED) is 0.485. The van der Waals surface area contributed by atoms with Crippen LogP contribution in [-0.2, 0) is 16.6 Å². The highest BCUT2D eigenvalue weighted by molar-refractivity contribution is 7.89. The molecule has 1 aliphatic heterocycles. The fraction of sp³-hybridized carbons (Fsp3) is 0.345. The first-order chi connectivity index (χ1) is 18.2. The molecule has 0 aliphatic carbocycles. The Morgan fingerprint density at radius 2 is 1.95 bits per heavy atom. The first-order valence-electron chi connectivity index (χ1n) is 12.5. The van der Waals surface area contributed by atoms with Crippen molar-refractivity contribution in [3.63, 3.8) is 0 Å². The van der Waals surface area contributed by atoms with Gasteiger partial charge in [0.2, 0.25) is 10.0 Å². The summed E-state index contributed by atoms with van der Waals surface area (Å²) < 4.78 is 48.4. The molecule has 0 bridgehead atoms. The van der Waals surface area contributed by atoms with Gasteiger partial charge in [-0.05, 0) is 67.9 Å². The van der Waals surface area contributed by atoms with E-state index in [-0.39, 0.29) is 41.6 Å². The van der Waals surface area contributed by atoms with E-state index in [9.17, 15) is 17.9 Å². The number of fused-ring (bicyclic) bond motifs is 1. The van der Waals surface area contributed by atoms with Gasteiger partial charge in [0.1, 0.15) is 28.3 Å². The van der Waals surface area contributed by atoms with Crippen LogP contribution in [0.25, 0.3) is 0 Å². The highest BCUT2D eigenvalue weighted by Crippen LogP contribution is 2.34. The summed E-state index contributed by atoms with van der Waals surface area (Å²) in [6, 6.07) is 16.0. The van der Waals surface area contributed by atoms with Crippen LogP contribution in [0.2, 0.25) is 0 Å². The molecule has 0 amide bonds. The number of aromatic nitrogens is 1. The van der Waals surface area contributed by atoms with Gasteiger partial charge in [-0.25, -0.2) is 17.8 Å². The van der Waals surface area contributed by atoms with E-state index in [2.05, 4.69) is 21.7 Å². The highest BCUT2D eigenvalue weighted by atomic mass is 32.2. The number of rotatable bonds is 6. The number of aliphatic hydroxyl groups is 1. The van der Waals surface area contributed by atoms with Crippen LogP contribution in [0.15, 0.2) is 71.8 Å². The van der Waals surface area contributed by atoms with Crippen LogP contribution in [0, 0.1) is 23.6 Å². The molecule has 0 saturated carbocycles. The molecule has 4 rings (SSSR count). The van der Waals surface area contributed by atoms with Crippen molar-refractivity contribution in [1.29, 1.82) is 0 Å². The van der Waals surface area contributed by atoms with Crippen LogP contribution in [0.4, 0.5) is 4.39 Å². The number of aliphatic hydroxyl groups excluding tert-OH is 1. The molecule has 9 heteroatoms. The number of halogens is 1. The Hall–Kier alpha value is -3.29. The number of hydrogen-bond donors (Lipinski definition) is 1. The zero-order chi connectivity index (χ0) is 27.3. The van der Waals surface area contributed by atoms with Crippen molar-refractivity contribution >= 4 is 10.0 Å². The molecule has 0 fully saturated rings. The van der Waals surface area contributed by atoms with E-state index >= 15 is 0 Å². The molecule has 2 heterocycles. The number of ether oxygens (including phenoxy) is 1. The summed E-state index contributed by atoms with van der Waals surface area (Å²) in [6.45, 7) is 4.60. The van der Waals surface area contributed by atoms with E-state index in [0.29, 0.717) is 24.3 Å². The fourth-order valence-corrected chi connectivity index (χ4v) is 6.19. The van der Waals surface area contributed by atoms with Gasteiger partial charge in [-0.2, -0.15) is 4.31 Å². The van der Waals surface area contributed by atoms with Gasteiger partial charge in [0.05, 0.1) is 6.61 Å². The Morgan fingerprint density at radius 3 is 2.63 bits per heavy atom. The minimum Gasteiger partial charge on any atom is -0.487 e. The second kappa shape index (κ2) is 12.0. The van der Waals surface area contributed by atoms with Gasteiger partial charge in [-0.15, -0.1) is 0 Å². The molecule has 2 aromatic carbocycles. The van der Waals surface area contributed by atoms with Gasteiger partial charge in [0.25, 0.3) is 0 Å². The average molecular weight is 538 g/mol. The molecule has 0 spiro atoms. The summed E-state index contributed by atoms with van der Waals surface area (Å²) >= 11 is 0. The number of pyridine rings is 1. The second-order valence-electron chi connectivity index (χ2n) is 9.69. The number of nitrogens with zero attached hydrogens (tertiary/aromatic N) is 3. The van der Waals surface area contributed by atoms with Crippen LogP contribution in [-0.4, -0.2) is 66.6 Å². The summed E-state index contributed by atoms with van der Waals surface area (Å²) in [7, 11) is -1.99. The normalized spacial score (nSPS) is 19.8. The average Bonchev–Trinajstić information content (AvgIpc) is 2.91. The molecular weight excluding hydrogens is 505 g/mol. The number of sulfonamides is 1. The lowest BCUT2D eigenvalue weighted by atomic mass is 10.0. The zero-order valence-electron chi connectivity index (χ0n) is 21.7. The molecule has 3 aromatic rings. The predicted octanol–water partition coefficient (Wildman–Crippen LogP) is 3.52. The zero-order valence-corrected chi connectivity index (χ0v) is 22.5. The molecule has 1 aliphatic rings. The van der Waals surface area contributed by atoms with Crippen LogP contribution < -0.4 is 4.74 Å². The lowest BCUT2D eigenvalue weighted by molar-refractivity contribution is 0.0733. The Kier molecular flexibility index (Phi) is 8.80. The third-order valence-corrected chi connectivity index (χ3v) is 8.54. The molecule has 0 radical (unpaired) electrons. The van der Waals surface area contributed by atoms with E-state index in [1.54, 1.807) is 43.5 Å². The van der Waals surface area contributed by atoms with Crippen molar-refractivity contribution < 1.29 is 22.7 Å². The maximum atomic E-state index is 13.7.